The van der Waals surface area contributed by atoms with Crippen molar-refractivity contribution < 1.29 is 14.3 Å². The highest BCUT2D eigenvalue weighted by atomic mass is 16.6. The van der Waals surface area contributed by atoms with Crippen molar-refractivity contribution in [3.63, 3.8) is 0 Å². The van der Waals surface area contributed by atoms with Crippen molar-refractivity contribution in [2.45, 2.75) is 31.4 Å². The smallest absolute Gasteiger partial charge is 0.409 e. The molecule has 1 N–H and O–H groups in total. The first kappa shape index (κ1) is 15.2. The summed E-state index contributed by atoms with van der Waals surface area (Å²) in [4.78, 5) is 12.1. The van der Waals surface area contributed by atoms with Gasteiger partial charge in [0.15, 0.2) is 0 Å². The van der Waals surface area contributed by atoms with Gasteiger partial charge in [0.25, 0.3) is 0 Å². The van der Waals surface area contributed by atoms with Crippen LogP contribution in [0.5, 0.6) is 0 Å². The fraction of sp³-hybridized carbons (Fsp3) is 0.350. The molecule has 0 aromatic heterocycles. The molecular weight excluding hydrogens is 302 g/mol. The molecule has 1 aliphatic carbocycles. The van der Waals surface area contributed by atoms with Gasteiger partial charge in [-0.05, 0) is 41.5 Å². The normalized spacial score (nSPS) is 19.4. The van der Waals surface area contributed by atoms with E-state index in [1.165, 1.54) is 22.3 Å². The molecule has 1 aliphatic heterocycles. The molecule has 1 unspecified atom stereocenters. The summed E-state index contributed by atoms with van der Waals surface area (Å²) in [6.45, 7) is 1.04. The zero-order valence-electron chi connectivity index (χ0n) is 13.5. The number of ether oxygens (including phenoxy) is 2. The Bertz CT molecular complexity index is 692. The van der Waals surface area contributed by atoms with Crippen molar-refractivity contribution in [2.75, 3.05) is 13.2 Å². The highest BCUT2D eigenvalue weighted by molar-refractivity contribution is 5.79. The molecule has 4 nitrogen and oxygen atoms in total. The second kappa shape index (κ2) is 6.65. The largest absolute Gasteiger partial charge is 0.448 e. The Morgan fingerprint density at radius 3 is 2.33 bits per heavy atom. The number of benzene rings is 2. The van der Waals surface area contributed by atoms with E-state index in [1.807, 2.05) is 24.3 Å². The number of amides is 1. The number of hydrogen-bond donors (Lipinski definition) is 1. The van der Waals surface area contributed by atoms with Gasteiger partial charge in [0, 0.05) is 12.5 Å². The highest BCUT2D eigenvalue weighted by Crippen LogP contribution is 2.44. The molecule has 2 aromatic carbocycles. The maximum Gasteiger partial charge on any atom is 0.409 e. The lowest BCUT2D eigenvalue weighted by molar-refractivity contribution is -0.00564. The van der Waals surface area contributed by atoms with Crippen LogP contribution in [0.15, 0.2) is 48.5 Å². The van der Waals surface area contributed by atoms with E-state index in [1.54, 1.807) is 0 Å². The summed E-state index contributed by atoms with van der Waals surface area (Å²) in [5.74, 6) is 0.0930. The summed E-state index contributed by atoms with van der Waals surface area (Å²) < 4.78 is 11.0. The third kappa shape index (κ3) is 2.89. The Balaban J connectivity index is 1.45. The van der Waals surface area contributed by atoms with E-state index in [0.29, 0.717) is 13.2 Å². The Morgan fingerprint density at radius 1 is 1.04 bits per heavy atom. The third-order valence-electron chi connectivity index (χ3n) is 4.80. The third-order valence-corrected chi connectivity index (χ3v) is 4.80. The second-order valence-corrected chi connectivity index (χ2v) is 6.33. The lowest BCUT2D eigenvalue weighted by Gasteiger charge is -2.23. The van der Waals surface area contributed by atoms with Gasteiger partial charge in [0.1, 0.15) is 12.8 Å². The van der Waals surface area contributed by atoms with Crippen molar-refractivity contribution >= 4 is 6.09 Å². The lowest BCUT2D eigenvalue weighted by Crippen LogP contribution is -2.39. The van der Waals surface area contributed by atoms with Crippen LogP contribution >= 0.6 is 0 Å². The molecule has 1 heterocycles. The highest BCUT2D eigenvalue weighted by Gasteiger charge is 2.29. The van der Waals surface area contributed by atoms with Crippen LogP contribution in [0.1, 0.15) is 36.3 Å². The van der Waals surface area contributed by atoms with Crippen molar-refractivity contribution in [3.8, 4) is 11.1 Å². The molecule has 0 bridgehead atoms. The summed E-state index contributed by atoms with van der Waals surface area (Å²) in [5, 5.41) is 2.81. The van der Waals surface area contributed by atoms with Crippen molar-refractivity contribution in [1.82, 2.24) is 5.32 Å². The molecule has 2 aliphatic rings. The number of alkyl carbamates (subject to hydrolysis) is 1. The number of hydrogen-bond acceptors (Lipinski definition) is 3. The van der Waals surface area contributed by atoms with E-state index in [9.17, 15) is 4.79 Å². The first-order chi connectivity index (χ1) is 11.8. The molecule has 124 valence electrons. The summed E-state index contributed by atoms with van der Waals surface area (Å²) in [6.07, 6.45) is 2.37. The summed E-state index contributed by atoms with van der Waals surface area (Å²) >= 11 is 0. The first-order valence-corrected chi connectivity index (χ1v) is 8.56. The van der Waals surface area contributed by atoms with Crippen LogP contribution < -0.4 is 5.32 Å². The predicted octanol–water partition coefficient (Wildman–Crippen LogP) is 4.05. The minimum Gasteiger partial charge on any atom is -0.448 e. The van der Waals surface area contributed by atoms with Crippen molar-refractivity contribution in [3.05, 3.63) is 59.7 Å². The summed E-state index contributed by atoms with van der Waals surface area (Å²) in [7, 11) is 0. The number of carbonyl (C=O) groups excluding carboxylic acids is 1. The Kier molecular flexibility index (Phi) is 4.22. The van der Waals surface area contributed by atoms with Crippen LogP contribution in [0.2, 0.25) is 0 Å². The number of rotatable bonds is 3. The van der Waals surface area contributed by atoms with Gasteiger partial charge in [-0.15, -0.1) is 0 Å². The standard InChI is InChI=1S/C20H21NO3/c22-20(21-19-11-5-6-12-23-19)24-13-18-16-9-3-1-7-14(16)15-8-2-4-10-17(15)18/h1-4,7-10,18-19H,5-6,11-13H2,(H,21,22). The van der Waals surface area contributed by atoms with Gasteiger partial charge >= 0.3 is 6.09 Å². The van der Waals surface area contributed by atoms with Gasteiger partial charge in [0.05, 0.1) is 0 Å². The molecule has 4 heteroatoms. The van der Waals surface area contributed by atoms with Gasteiger partial charge in [0.2, 0.25) is 0 Å². The molecule has 0 saturated carbocycles. The molecule has 24 heavy (non-hydrogen) atoms. The van der Waals surface area contributed by atoms with Gasteiger partial charge in [-0.25, -0.2) is 4.79 Å². The van der Waals surface area contributed by atoms with Gasteiger partial charge in [-0.1, -0.05) is 48.5 Å². The van der Waals surface area contributed by atoms with Crippen LogP contribution in [-0.2, 0) is 9.47 Å². The number of nitrogens with one attached hydrogen (secondary N) is 1. The van der Waals surface area contributed by atoms with Gasteiger partial charge < -0.3 is 9.47 Å². The van der Waals surface area contributed by atoms with Crippen LogP contribution in [-0.4, -0.2) is 25.5 Å². The fourth-order valence-electron chi connectivity index (χ4n) is 3.63. The average molecular weight is 323 g/mol. The van der Waals surface area contributed by atoms with Crippen LogP contribution in [0.25, 0.3) is 11.1 Å². The van der Waals surface area contributed by atoms with E-state index in [0.717, 1.165) is 19.3 Å². The molecule has 1 amide bonds. The predicted molar refractivity (Wildman–Crippen MR) is 91.8 cm³/mol. The Morgan fingerprint density at radius 2 is 1.71 bits per heavy atom. The SMILES string of the molecule is O=C(NC1CCCCO1)OCC1c2ccccc2-c2ccccc21. The molecule has 4 rings (SSSR count). The Hall–Kier alpha value is -2.33. The molecule has 2 aromatic rings. The quantitative estimate of drug-likeness (QED) is 0.927. The number of carbonyl (C=O) groups is 1. The first-order valence-electron chi connectivity index (χ1n) is 8.56. The topological polar surface area (TPSA) is 47.6 Å². The molecule has 0 spiro atoms. The minimum atomic E-state index is -0.399. The second-order valence-electron chi connectivity index (χ2n) is 6.33. The van der Waals surface area contributed by atoms with Crippen LogP contribution in [0.3, 0.4) is 0 Å². The van der Waals surface area contributed by atoms with E-state index in [-0.39, 0.29) is 12.1 Å². The van der Waals surface area contributed by atoms with E-state index in [2.05, 4.69) is 29.6 Å². The van der Waals surface area contributed by atoms with Gasteiger partial charge in [-0.2, -0.15) is 0 Å². The minimum absolute atomic E-state index is 0.0930. The zero-order valence-corrected chi connectivity index (χ0v) is 13.5. The van der Waals surface area contributed by atoms with E-state index in [4.69, 9.17) is 9.47 Å². The molecule has 1 saturated heterocycles. The summed E-state index contributed by atoms with van der Waals surface area (Å²) in [6, 6.07) is 16.7. The van der Waals surface area contributed by atoms with Crippen LogP contribution in [0, 0.1) is 0 Å². The molecular formula is C20H21NO3. The van der Waals surface area contributed by atoms with E-state index >= 15 is 0 Å². The number of fused-ring (bicyclic) bond motifs is 3. The van der Waals surface area contributed by atoms with Crippen LogP contribution in [0.4, 0.5) is 4.79 Å². The zero-order chi connectivity index (χ0) is 16.4. The fourth-order valence-corrected chi connectivity index (χ4v) is 3.63. The van der Waals surface area contributed by atoms with Crippen molar-refractivity contribution in [1.29, 1.82) is 0 Å². The molecule has 1 fully saturated rings. The van der Waals surface area contributed by atoms with Crippen molar-refractivity contribution in [2.24, 2.45) is 0 Å². The monoisotopic (exact) mass is 323 g/mol. The molecule has 0 radical (unpaired) electrons. The summed E-state index contributed by atoms with van der Waals surface area (Å²) in [5.41, 5.74) is 4.91. The van der Waals surface area contributed by atoms with Gasteiger partial charge in [-0.3, -0.25) is 5.32 Å². The lowest BCUT2D eigenvalue weighted by atomic mass is 9.98. The molecule has 1 atom stereocenters. The Labute approximate surface area is 141 Å². The van der Waals surface area contributed by atoms with E-state index < -0.39 is 6.09 Å². The average Bonchev–Trinajstić information content (AvgIpc) is 2.95. The maximum absolute atomic E-state index is 12.1. The maximum atomic E-state index is 12.1.